The van der Waals surface area contributed by atoms with E-state index in [1.54, 1.807) is 0 Å². The van der Waals surface area contributed by atoms with Gasteiger partial charge in [-0.1, -0.05) is 54.6 Å². The highest BCUT2D eigenvalue weighted by Crippen LogP contribution is 2.35. The summed E-state index contributed by atoms with van der Waals surface area (Å²) in [6.45, 7) is 7.00. The Bertz CT molecular complexity index is 816. The van der Waals surface area contributed by atoms with Crippen LogP contribution in [0.1, 0.15) is 22.7 Å². The Morgan fingerprint density at radius 3 is 2.70 bits per heavy atom. The fourth-order valence-corrected chi connectivity index (χ4v) is 3.80. The Morgan fingerprint density at radius 1 is 1.09 bits per heavy atom. The van der Waals surface area contributed by atoms with Gasteiger partial charge in [0, 0.05) is 42.1 Å². The van der Waals surface area contributed by atoms with Crippen LogP contribution < -0.4 is 0 Å². The zero-order valence-corrected chi connectivity index (χ0v) is 13.3. The highest BCUT2D eigenvalue weighted by Gasteiger charge is 2.26. The molecule has 0 radical (unpaired) electrons. The van der Waals surface area contributed by atoms with Crippen molar-refractivity contribution in [2.24, 2.45) is 0 Å². The molecule has 0 spiro atoms. The number of hydrogen-bond donors (Lipinski definition) is 1. The van der Waals surface area contributed by atoms with Gasteiger partial charge in [0.2, 0.25) is 0 Å². The SMILES string of the molecule is C=CCN1CCc2c([nH]c3ccccc23)C(c2ccccc2)C1. The second-order valence-corrected chi connectivity index (χ2v) is 6.32. The van der Waals surface area contributed by atoms with E-state index in [-0.39, 0.29) is 0 Å². The molecule has 0 fully saturated rings. The second-order valence-electron chi connectivity index (χ2n) is 6.32. The number of hydrogen-bond acceptors (Lipinski definition) is 1. The van der Waals surface area contributed by atoms with E-state index in [2.05, 4.69) is 71.1 Å². The third kappa shape index (κ3) is 2.60. The molecule has 0 amide bonds. The van der Waals surface area contributed by atoms with Crippen LogP contribution in [-0.2, 0) is 6.42 Å². The zero-order valence-electron chi connectivity index (χ0n) is 13.3. The van der Waals surface area contributed by atoms with E-state index in [1.165, 1.54) is 27.7 Å². The first-order valence-corrected chi connectivity index (χ1v) is 8.34. The van der Waals surface area contributed by atoms with Crippen molar-refractivity contribution in [3.8, 4) is 0 Å². The summed E-state index contributed by atoms with van der Waals surface area (Å²) < 4.78 is 0. The molecule has 0 saturated carbocycles. The van der Waals surface area contributed by atoms with Gasteiger partial charge in [0.05, 0.1) is 0 Å². The predicted octanol–water partition coefficient (Wildman–Crippen LogP) is 4.34. The van der Waals surface area contributed by atoms with Crippen molar-refractivity contribution in [2.75, 3.05) is 19.6 Å². The van der Waals surface area contributed by atoms with Crippen LogP contribution in [0, 0.1) is 0 Å². The van der Waals surface area contributed by atoms with Crippen molar-refractivity contribution in [1.82, 2.24) is 9.88 Å². The van der Waals surface area contributed by atoms with E-state index in [1.807, 2.05) is 6.08 Å². The molecule has 1 aliphatic rings. The molecule has 0 saturated heterocycles. The minimum Gasteiger partial charge on any atom is -0.358 e. The quantitative estimate of drug-likeness (QED) is 0.713. The van der Waals surface area contributed by atoms with Crippen LogP contribution in [0.15, 0.2) is 67.3 Å². The van der Waals surface area contributed by atoms with E-state index in [9.17, 15) is 0 Å². The Hall–Kier alpha value is -2.32. The van der Waals surface area contributed by atoms with Crippen molar-refractivity contribution in [3.05, 3.63) is 84.1 Å². The largest absolute Gasteiger partial charge is 0.358 e. The Kier molecular flexibility index (Phi) is 3.76. The van der Waals surface area contributed by atoms with Crippen LogP contribution in [0.2, 0.25) is 0 Å². The minimum absolute atomic E-state index is 0.390. The first-order chi connectivity index (χ1) is 11.4. The van der Waals surface area contributed by atoms with E-state index in [0.717, 1.165) is 26.1 Å². The standard InChI is InChI=1S/C21H22N2/c1-2-13-23-14-12-18-17-10-6-7-11-20(17)22-21(18)19(15-23)16-8-4-3-5-9-16/h2-11,19,22H,1,12-15H2. The predicted molar refractivity (Wildman–Crippen MR) is 96.9 cm³/mol. The Morgan fingerprint density at radius 2 is 1.87 bits per heavy atom. The summed E-state index contributed by atoms with van der Waals surface area (Å²) in [6, 6.07) is 19.5. The van der Waals surface area contributed by atoms with Crippen LogP contribution in [-0.4, -0.2) is 29.5 Å². The van der Waals surface area contributed by atoms with Crippen LogP contribution in [0.25, 0.3) is 10.9 Å². The van der Waals surface area contributed by atoms with Gasteiger partial charge in [-0.3, -0.25) is 4.90 Å². The number of aromatic amines is 1. The molecule has 3 aromatic rings. The fraction of sp³-hybridized carbons (Fsp3) is 0.238. The number of aromatic nitrogens is 1. The lowest BCUT2D eigenvalue weighted by Crippen LogP contribution is -2.29. The third-order valence-electron chi connectivity index (χ3n) is 4.90. The van der Waals surface area contributed by atoms with Crippen molar-refractivity contribution in [2.45, 2.75) is 12.3 Å². The highest BCUT2D eigenvalue weighted by atomic mass is 15.1. The van der Waals surface area contributed by atoms with Gasteiger partial charge in [0.15, 0.2) is 0 Å². The molecule has 2 heterocycles. The second kappa shape index (κ2) is 6.05. The van der Waals surface area contributed by atoms with Crippen molar-refractivity contribution in [1.29, 1.82) is 0 Å². The maximum Gasteiger partial charge on any atom is 0.0459 e. The molecule has 1 unspecified atom stereocenters. The number of H-pyrrole nitrogens is 1. The monoisotopic (exact) mass is 302 g/mol. The molecule has 1 aromatic heterocycles. The first-order valence-electron chi connectivity index (χ1n) is 8.34. The number of para-hydroxylation sites is 1. The van der Waals surface area contributed by atoms with E-state index >= 15 is 0 Å². The van der Waals surface area contributed by atoms with Gasteiger partial charge in [-0.2, -0.15) is 0 Å². The molecule has 116 valence electrons. The topological polar surface area (TPSA) is 19.0 Å². The van der Waals surface area contributed by atoms with E-state index in [0.29, 0.717) is 5.92 Å². The lowest BCUT2D eigenvalue weighted by atomic mass is 9.92. The number of fused-ring (bicyclic) bond motifs is 3. The van der Waals surface area contributed by atoms with E-state index < -0.39 is 0 Å². The van der Waals surface area contributed by atoms with Crippen LogP contribution in [0.3, 0.4) is 0 Å². The molecule has 4 rings (SSSR count). The molecule has 2 aromatic carbocycles. The summed E-state index contributed by atoms with van der Waals surface area (Å²) in [5.74, 6) is 0.390. The molecule has 2 heteroatoms. The highest BCUT2D eigenvalue weighted by molar-refractivity contribution is 5.85. The summed E-state index contributed by atoms with van der Waals surface area (Å²) in [5.41, 5.74) is 5.52. The number of rotatable bonds is 3. The maximum absolute atomic E-state index is 3.92. The summed E-state index contributed by atoms with van der Waals surface area (Å²) >= 11 is 0. The molecule has 2 nitrogen and oxygen atoms in total. The average Bonchev–Trinajstić information content (AvgIpc) is 2.87. The van der Waals surface area contributed by atoms with Crippen LogP contribution >= 0.6 is 0 Å². The third-order valence-corrected chi connectivity index (χ3v) is 4.90. The molecule has 1 N–H and O–H groups in total. The van der Waals surface area contributed by atoms with Gasteiger partial charge in [-0.25, -0.2) is 0 Å². The normalized spacial score (nSPS) is 18.5. The zero-order chi connectivity index (χ0) is 15.6. The lowest BCUT2D eigenvalue weighted by molar-refractivity contribution is 0.305. The maximum atomic E-state index is 3.92. The molecule has 0 bridgehead atoms. The molecule has 1 atom stereocenters. The van der Waals surface area contributed by atoms with Crippen molar-refractivity contribution < 1.29 is 0 Å². The summed E-state index contributed by atoms with van der Waals surface area (Å²) in [6.07, 6.45) is 3.11. The Labute approximate surface area is 137 Å². The molecule has 0 aliphatic carbocycles. The Balaban J connectivity index is 1.85. The van der Waals surface area contributed by atoms with Gasteiger partial charge in [0.25, 0.3) is 0 Å². The van der Waals surface area contributed by atoms with Crippen molar-refractivity contribution >= 4 is 10.9 Å². The van der Waals surface area contributed by atoms with Crippen LogP contribution in [0.4, 0.5) is 0 Å². The lowest BCUT2D eigenvalue weighted by Gasteiger charge is -2.23. The molecular formula is C21H22N2. The van der Waals surface area contributed by atoms with E-state index in [4.69, 9.17) is 0 Å². The summed E-state index contributed by atoms with van der Waals surface area (Å²) in [5, 5.41) is 1.38. The number of nitrogens with one attached hydrogen (secondary N) is 1. The fourth-order valence-electron chi connectivity index (χ4n) is 3.80. The minimum atomic E-state index is 0.390. The molecular weight excluding hydrogens is 280 g/mol. The molecule has 23 heavy (non-hydrogen) atoms. The van der Waals surface area contributed by atoms with Crippen LogP contribution in [0.5, 0.6) is 0 Å². The number of benzene rings is 2. The number of nitrogens with zero attached hydrogens (tertiary/aromatic N) is 1. The van der Waals surface area contributed by atoms with Gasteiger partial charge >= 0.3 is 0 Å². The summed E-state index contributed by atoms with van der Waals surface area (Å²) in [7, 11) is 0. The van der Waals surface area contributed by atoms with Gasteiger partial charge in [-0.05, 0) is 23.6 Å². The average molecular weight is 302 g/mol. The first kappa shape index (κ1) is 14.3. The van der Waals surface area contributed by atoms with Gasteiger partial charge in [0.1, 0.15) is 0 Å². The summed E-state index contributed by atoms with van der Waals surface area (Å²) in [4.78, 5) is 6.22. The van der Waals surface area contributed by atoms with Gasteiger partial charge < -0.3 is 4.98 Å². The van der Waals surface area contributed by atoms with Crippen molar-refractivity contribution in [3.63, 3.8) is 0 Å². The van der Waals surface area contributed by atoms with Gasteiger partial charge in [-0.15, -0.1) is 6.58 Å². The smallest absolute Gasteiger partial charge is 0.0459 e. The molecule has 1 aliphatic heterocycles.